The second-order valence-corrected chi connectivity index (χ2v) is 8.46. The number of nitrogens with zero attached hydrogens (tertiary/aromatic N) is 1. The molecule has 1 saturated heterocycles. The Kier molecular flexibility index (Phi) is 11.1. The average Bonchev–Trinajstić information content (AvgIpc) is 2.87. The number of carbonyl (C=O) groups is 3. The molecule has 9 heteroatoms. The highest BCUT2D eigenvalue weighted by Gasteiger charge is 2.25. The molecule has 0 unspecified atom stereocenters. The van der Waals surface area contributed by atoms with Crippen molar-refractivity contribution in [3.05, 3.63) is 65.2 Å². The number of aliphatic hydroxyl groups is 1. The van der Waals surface area contributed by atoms with Crippen LogP contribution in [0.1, 0.15) is 55.1 Å². The number of piperidine rings is 1. The zero-order chi connectivity index (χ0) is 25.2. The van der Waals surface area contributed by atoms with Gasteiger partial charge in [0.2, 0.25) is 5.91 Å². The third-order valence-corrected chi connectivity index (χ3v) is 5.64. The van der Waals surface area contributed by atoms with E-state index < -0.39 is 24.0 Å². The highest BCUT2D eigenvalue weighted by molar-refractivity contribution is 5.97. The number of benzene rings is 2. The molecule has 0 saturated carbocycles. The maximum atomic E-state index is 12.3. The molecule has 1 heterocycles. The SMILES string of the molecule is C.C[C@@H](O)[C@H](NC(=O)c1ccc(C#Cc2ccc(NC(=O)CN3CCCCC3)cc2)cc1)C(=O)NO. The van der Waals surface area contributed by atoms with Crippen LogP contribution in [-0.4, -0.2) is 64.7 Å². The number of amides is 3. The number of hydroxylamine groups is 1. The summed E-state index contributed by atoms with van der Waals surface area (Å²) in [6, 6.07) is 12.4. The van der Waals surface area contributed by atoms with Crippen LogP contribution in [0.5, 0.6) is 0 Å². The topological polar surface area (TPSA) is 131 Å². The Bertz CT molecular complexity index is 1080. The molecular weight excluding hydrogens is 460 g/mol. The van der Waals surface area contributed by atoms with Gasteiger partial charge in [-0.05, 0) is 81.4 Å². The van der Waals surface area contributed by atoms with Crippen LogP contribution in [0.3, 0.4) is 0 Å². The van der Waals surface area contributed by atoms with Crippen molar-refractivity contribution in [2.24, 2.45) is 0 Å². The van der Waals surface area contributed by atoms with Crippen molar-refractivity contribution in [1.82, 2.24) is 15.7 Å². The predicted octanol–water partition coefficient (Wildman–Crippen LogP) is 2.13. The number of hydrogen-bond acceptors (Lipinski definition) is 6. The first-order valence-electron chi connectivity index (χ1n) is 11.5. The van der Waals surface area contributed by atoms with Crippen molar-refractivity contribution < 1.29 is 24.7 Å². The van der Waals surface area contributed by atoms with Crippen LogP contribution in [0.2, 0.25) is 0 Å². The molecule has 3 rings (SSSR count). The van der Waals surface area contributed by atoms with E-state index in [1.54, 1.807) is 24.3 Å². The van der Waals surface area contributed by atoms with Crippen molar-refractivity contribution in [2.45, 2.75) is 45.8 Å². The van der Waals surface area contributed by atoms with Gasteiger partial charge >= 0.3 is 0 Å². The first-order chi connectivity index (χ1) is 16.9. The van der Waals surface area contributed by atoms with E-state index in [2.05, 4.69) is 27.4 Å². The van der Waals surface area contributed by atoms with Gasteiger partial charge in [0, 0.05) is 22.4 Å². The summed E-state index contributed by atoms with van der Waals surface area (Å²) in [7, 11) is 0. The number of likely N-dealkylation sites (tertiary alicyclic amines) is 1. The Morgan fingerprint density at radius 3 is 2.03 bits per heavy atom. The molecule has 9 nitrogen and oxygen atoms in total. The average molecular weight is 495 g/mol. The summed E-state index contributed by atoms with van der Waals surface area (Å²) < 4.78 is 0. The van der Waals surface area contributed by atoms with E-state index in [0.29, 0.717) is 12.1 Å². The van der Waals surface area contributed by atoms with Gasteiger partial charge in [-0.2, -0.15) is 0 Å². The van der Waals surface area contributed by atoms with Crippen LogP contribution in [0.15, 0.2) is 48.5 Å². The maximum absolute atomic E-state index is 12.3. The molecule has 0 radical (unpaired) electrons. The molecular formula is C27H34N4O5. The summed E-state index contributed by atoms with van der Waals surface area (Å²) >= 11 is 0. The smallest absolute Gasteiger partial charge is 0.268 e. The number of anilines is 1. The molecule has 0 aromatic heterocycles. The van der Waals surface area contributed by atoms with Gasteiger partial charge in [0.15, 0.2) is 0 Å². The Balaban J connectivity index is 0.00000456. The van der Waals surface area contributed by atoms with E-state index >= 15 is 0 Å². The fraction of sp³-hybridized carbons (Fsp3) is 0.370. The fourth-order valence-corrected chi connectivity index (χ4v) is 3.71. The minimum atomic E-state index is -1.29. The molecule has 1 aliphatic rings. The molecule has 0 bridgehead atoms. The molecule has 3 amide bonds. The minimum absolute atomic E-state index is 0. The standard InChI is InChI=1S/C26H30N4O5.CH4/c1-18(31)24(26(34)29-35)28-25(33)21-11-7-19(8-12-21)5-6-20-9-13-22(14-10-20)27-23(32)17-30-15-3-2-4-16-30;/h7-14,18,24,31,35H,2-4,15-17H2,1H3,(H,27,32)(H,28,33)(H,29,34);1H4/t18-,24+;/m1./s1. The van der Waals surface area contributed by atoms with Crippen molar-refractivity contribution in [2.75, 3.05) is 25.0 Å². The van der Waals surface area contributed by atoms with Gasteiger partial charge in [-0.3, -0.25) is 24.5 Å². The van der Waals surface area contributed by atoms with Gasteiger partial charge in [-0.1, -0.05) is 25.7 Å². The monoisotopic (exact) mass is 494 g/mol. The molecule has 2 aromatic carbocycles. The third kappa shape index (κ3) is 8.50. The van der Waals surface area contributed by atoms with Gasteiger partial charge in [0.25, 0.3) is 11.8 Å². The molecule has 36 heavy (non-hydrogen) atoms. The second-order valence-electron chi connectivity index (χ2n) is 8.46. The first kappa shape index (κ1) is 28.5. The molecule has 0 aliphatic carbocycles. The van der Waals surface area contributed by atoms with E-state index in [1.807, 2.05) is 24.3 Å². The molecule has 2 aromatic rings. The van der Waals surface area contributed by atoms with Crippen LogP contribution in [0.4, 0.5) is 5.69 Å². The van der Waals surface area contributed by atoms with E-state index in [1.165, 1.54) is 18.8 Å². The highest BCUT2D eigenvalue weighted by atomic mass is 16.5. The van der Waals surface area contributed by atoms with Crippen LogP contribution >= 0.6 is 0 Å². The van der Waals surface area contributed by atoms with Crippen LogP contribution in [-0.2, 0) is 9.59 Å². The summed E-state index contributed by atoms with van der Waals surface area (Å²) in [6.07, 6.45) is 2.33. The predicted molar refractivity (Wildman–Crippen MR) is 137 cm³/mol. The minimum Gasteiger partial charge on any atom is -0.391 e. The number of aliphatic hydroxyl groups excluding tert-OH is 1. The van der Waals surface area contributed by atoms with Crippen molar-refractivity contribution in [3.8, 4) is 11.8 Å². The van der Waals surface area contributed by atoms with Crippen molar-refractivity contribution in [1.29, 1.82) is 0 Å². The lowest BCUT2D eigenvalue weighted by Crippen LogP contribution is -2.51. The lowest BCUT2D eigenvalue weighted by molar-refractivity contribution is -0.133. The molecule has 1 aliphatic heterocycles. The second kappa shape index (κ2) is 14.0. The number of hydrogen-bond donors (Lipinski definition) is 5. The van der Waals surface area contributed by atoms with Gasteiger partial charge in [-0.25, -0.2) is 5.48 Å². The number of nitrogens with one attached hydrogen (secondary N) is 3. The van der Waals surface area contributed by atoms with Gasteiger partial charge < -0.3 is 15.7 Å². The largest absolute Gasteiger partial charge is 0.391 e. The number of rotatable bonds is 7. The van der Waals surface area contributed by atoms with Crippen molar-refractivity contribution >= 4 is 23.4 Å². The fourth-order valence-electron chi connectivity index (χ4n) is 3.71. The summed E-state index contributed by atoms with van der Waals surface area (Å²) in [6.45, 7) is 3.67. The Morgan fingerprint density at radius 1 is 0.944 bits per heavy atom. The summed E-state index contributed by atoms with van der Waals surface area (Å²) in [4.78, 5) is 38.3. The quantitative estimate of drug-likeness (QED) is 0.228. The van der Waals surface area contributed by atoms with E-state index in [9.17, 15) is 19.5 Å². The van der Waals surface area contributed by atoms with Crippen LogP contribution in [0, 0.1) is 11.8 Å². The van der Waals surface area contributed by atoms with Crippen LogP contribution < -0.4 is 16.1 Å². The molecule has 5 N–H and O–H groups in total. The summed E-state index contributed by atoms with van der Waals surface area (Å²) in [5.41, 5.74) is 3.87. The lowest BCUT2D eigenvalue weighted by Gasteiger charge is -2.25. The van der Waals surface area contributed by atoms with Gasteiger partial charge in [0.05, 0.1) is 12.6 Å². The number of carbonyl (C=O) groups excluding carboxylic acids is 3. The Morgan fingerprint density at radius 2 is 1.50 bits per heavy atom. The van der Waals surface area contributed by atoms with Gasteiger partial charge in [-0.15, -0.1) is 0 Å². The highest BCUT2D eigenvalue weighted by Crippen LogP contribution is 2.12. The molecule has 192 valence electrons. The first-order valence-corrected chi connectivity index (χ1v) is 11.5. The molecule has 1 fully saturated rings. The maximum Gasteiger partial charge on any atom is 0.268 e. The van der Waals surface area contributed by atoms with Crippen LogP contribution in [0.25, 0.3) is 0 Å². The zero-order valence-electron chi connectivity index (χ0n) is 19.6. The zero-order valence-corrected chi connectivity index (χ0v) is 19.6. The van der Waals surface area contributed by atoms with Gasteiger partial charge in [0.1, 0.15) is 6.04 Å². The van der Waals surface area contributed by atoms with Crippen molar-refractivity contribution in [3.63, 3.8) is 0 Å². The normalized spacial score (nSPS) is 14.8. The Hall–Kier alpha value is -3.71. The van der Waals surface area contributed by atoms with E-state index in [4.69, 9.17) is 5.21 Å². The Labute approximate surface area is 211 Å². The van der Waals surface area contributed by atoms with E-state index in [-0.39, 0.29) is 18.9 Å². The lowest BCUT2D eigenvalue weighted by atomic mass is 10.1. The van der Waals surface area contributed by atoms with E-state index in [0.717, 1.165) is 37.2 Å². The molecule has 2 atom stereocenters. The third-order valence-electron chi connectivity index (χ3n) is 5.64. The molecule has 0 spiro atoms. The summed E-state index contributed by atoms with van der Waals surface area (Å²) in [5.74, 6) is 4.55. The summed E-state index contributed by atoms with van der Waals surface area (Å²) in [5, 5.41) is 23.7.